The van der Waals surface area contributed by atoms with Crippen LogP contribution in [0, 0.1) is 6.92 Å². The van der Waals surface area contributed by atoms with Gasteiger partial charge in [-0.05, 0) is 19.1 Å². The second-order valence-electron chi connectivity index (χ2n) is 5.31. The predicted molar refractivity (Wildman–Crippen MR) is 80.3 cm³/mol. The minimum atomic E-state index is 0.0574. The molecule has 0 N–H and O–H groups in total. The number of amides is 1. The van der Waals surface area contributed by atoms with E-state index in [1.807, 2.05) is 41.8 Å². The summed E-state index contributed by atoms with van der Waals surface area (Å²) in [5.74, 6) is 1.01. The van der Waals surface area contributed by atoms with E-state index in [0.717, 1.165) is 24.7 Å². The number of carbonyl (C=O) groups is 1. The molecule has 0 aliphatic carbocycles. The lowest BCUT2D eigenvalue weighted by molar-refractivity contribution is 0.0745. The van der Waals surface area contributed by atoms with E-state index in [-0.39, 0.29) is 5.91 Å². The standard InChI is InChI=1S/C15H19N5O/c1-12-3-4-13(11-17-12)14(21)19-7-9-20(10-8-19)15-16-5-6-18(15)2/h3-6,11H,7-10H2,1-2H3. The molecule has 21 heavy (non-hydrogen) atoms. The van der Waals surface area contributed by atoms with Crippen LogP contribution >= 0.6 is 0 Å². The van der Waals surface area contributed by atoms with E-state index < -0.39 is 0 Å². The lowest BCUT2D eigenvalue weighted by Gasteiger charge is -2.35. The molecule has 1 aliphatic heterocycles. The van der Waals surface area contributed by atoms with Gasteiger partial charge in [0, 0.05) is 57.5 Å². The third-order valence-electron chi connectivity index (χ3n) is 3.80. The van der Waals surface area contributed by atoms with Gasteiger partial charge >= 0.3 is 0 Å². The van der Waals surface area contributed by atoms with Gasteiger partial charge in [0.25, 0.3) is 5.91 Å². The van der Waals surface area contributed by atoms with Crippen molar-refractivity contribution >= 4 is 11.9 Å². The number of hydrogen-bond acceptors (Lipinski definition) is 4. The Balaban J connectivity index is 1.64. The topological polar surface area (TPSA) is 54.3 Å². The number of carbonyl (C=O) groups excluding carboxylic acids is 1. The second-order valence-corrected chi connectivity index (χ2v) is 5.31. The van der Waals surface area contributed by atoms with Gasteiger partial charge in [0.2, 0.25) is 5.95 Å². The highest BCUT2D eigenvalue weighted by molar-refractivity contribution is 5.94. The summed E-state index contributed by atoms with van der Waals surface area (Å²) in [6, 6.07) is 3.72. The zero-order valence-corrected chi connectivity index (χ0v) is 12.4. The fourth-order valence-electron chi connectivity index (χ4n) is 2.55. The zero-order chi connectivity index (χ0) is 14.8. The molecule has 6 heteroatoms. The molecule has 2 aromatic rings. The quantitative estimate of drug-likeness (QED) is 0.829. The summed E-state index contributed by atoms with van der Waals surface area (Å²) >= 11 is 0. The number of hydrogen-bond donors (Lipinski definition) is 0. The van der Waals surface area contributed by atoms with Gasteiger partial charge in [-0.3, -0.25) is 9.78 Å². The Morgan fingerprint density at radius 3 is 2.48 bits per heavy atom. The summed E-state index contributed by atoms with van der Waals surface area (Å²) in [5.41, 5.74) is 1.58. The predicted octanol–water partition coefficient (Wildman–Crippen LogP) is 1.09. The van der Waals surface area contributed by atoms with Crippen molar-refractivity contribution in [3.05, 3.63) is 42.0 Å². The maximum atomic E-state index is 12.4. The summed E-state index contributed by atoms with van der Waals surface area (Å²) in [6.07, 6.45) is 5.39. The summed E-state index contributed by atoms with van der Waals surface area (Å²) in [4.78, 5) is 25.0. The van der Waals surface area contributed by atoms with Gasteiger partial charge in [-0.25, -0.2) is 4.98 Å². The van der Waals surface area contributed by atoms with Gasteiger partial charge in [0.05, 0.1) is 5.56 Å². The van der Waals surface area contributed by atoms with Crippen molar-refractivity contribution in [2.45, 2.75) is 6.92 Å². The van der Waals surface area contributed by atoms with E-state index in [0.29, 0.717) is 18.7 Å². The lowest BCUT2D eigenvalue weighted by atomic mass is 10.2. The Hall–Kier alpha value is -2.37. The third kappa shape index (κ3) is 2.74. The monoisotopic (exact) mass is 285 g/mol. The van der Waals surface area contributed by atoms with Gasteiger partial charge in [-0.15, -0.1) is 0 Å². The molecule has 2 aromatic heterocycles. The van der Waals surface area contributed by atoms with Crippen LogP contribution in [0.1, 0.15) is 16.1 Å². The summed E-state index contributed by atoms with van der Waals surface area (Å²) < 4.78 is 2.00. The minimum Gasteiger partial charge on any atom is -0.339 e. The van der Waals surface area contributed by atoms with Crippen LogP contribution < -0.4 is 4.90 Å². The first kappa shape index (κ1) is 13.6. The average Bonchev–Trinajstić information content (AvgIpc) is 2.94. The second kappa shape index (κ2) is 5.55. The molecule has 0 unspecified atom stereocenters. The van der Waals surface area contributed by atoms with Gasteiger partial charge in [0.15, 0.2) is 0 Å². The number of imidazole rings is 1. The summed E-state index contributed by atoms with van der Waals surface area (Å²) in [7, 11) is 1.98. The van der Waals surface area contributed by atoms with E-state index in [2.05, 4.69) is 14.9 Å². The molecule has 110 valence electrons. The zero-order valence-electron chi connectivity index (χ0n) is 12.4. The van der Waals surface area contributed by atoms with Crippen molar-refractivity contribution in [3.8, 4) is 0 Å². The highest BCUT2D eigenvalue weighted by Crippen LogP contribution is 2.14. The van der Waals surface area contributed by atoms with Crippen LogP contribution in [0.3, 0.4) is 0 Å². The Bertz CT molecular complexity index is 626. The Morgan fingerprint density at radius 1 is 1.14 bits per heavy atom. The highest BCUT2D eigenvalue weighted by Gasteiger charge is 2.23. The molecule has 1 saturated heterocycles. The molecule has 1 aliphatic rings. The van der Waals surface area contributed by atoms with Crippen LogP contribution in [0.25, 0.3) is 0 Å². The van der Waals surface area contributed by atoms with Gasteiger partial charge < -0.3 is 14.4 Å². The molecule has 6 nitrogen and oxygen atoms in total. The van der Waals surface area contributed by atoms with E-state index in [4.69, 9.17) is 0 Å². The molecule has 0 saturated carbocycles. The van der Waals surface area contributed by atoms with Crippen molar-refractivity contribution in [1.29, 1.82) is 0 Å². The highest BCUT2D eigenvalue weighted by atomic mass is 16.2. The maximum Gasteiger partial charge on any atom is 0.255 e. The molecule has 1 amide bonds. The van der Waals surface area contributed by atoms with E-state index in [1.54, 1.807) is 12.4 Å². The number of piperazine rings is 1. The van der Waals surface area contributed by atoms with Gasteiger partial charge in [0.1, 0.15) is 0 Å². The van der Waals surface area contributed by atoms with E-state index >= 15 is 0 Å². The Morgan fingerprint density at radius 2 is 1.90 bits per heavy atom. The fourth-order valence-corrected chi connectivity index (χ4v) is 2.55. The summed E-state index contributed by atoms with van der Waals surface area (Å²) in [5, 5.41) is 0. The largest absolute Gasteiger partial charge is 0.339 e. The Kier molecular flexibility index (Phi) is 3.60. The lowest BCUT2D eigenvalue weighted by Crippen LogP contribution is -2.49. The van der Waals surface area contributed by atoms with Gasteiger partial charge in [-0.2, -0.15) is 0 Å². The maximum absolute atomic E-state index is 12.4. The molecule has 0 aromatic carbocycles. The van der Waals surface area contributed by atoms with Crippen molar-refractivity contribution in [3.63, 3.8) is 0 Å². The molecular weight excluding hydrogens is 266 g/mol. The Labute approximate surface area is 124 Å². The van der Waals surface area contributed by atoms with Crippen molar-refractivity contribution < 1.29 is 4.79 Å². The van der Waals surface area contributed by atoms with Crippen LogP contribution in [0.5, 0.6) is 0 Å². The third-order valence-corrected chi connectivity index (χ3v) is 3.80. The first-order chi connectivity index (χ1) is 10.1. The molecule has 1 fully saturated rings. The molecule has 3 rings (SSSR count). The number of pyridine rings is 1. The van der Waals surface area contributed by atoms with Crippen molar-refractivity contribution in [2.24, 2.45) is 7.05 Å². The van der Waals surface area contributed by atoms with Gasteiger partial charge in [-0.1, -0.05) is 0 Å². The van der Waals surface area contributed by atoms with Crippen LogP contribution in [0.2, 0.25) is 0 Å². The van der Waals surface area contributed by atoms with Crippen LogP contribution in [-0.4, -0.2) is 51.5 Å². The van der Waals surface area contributed by atoms with E-state index in [9.17, 15) is 4.79 Å². The molecule has 0 radical (unpaired) electrons. The van der Waals surface area contributed by atoms with E-state index in [1.165, 1.54) is 0 Å². The van der Waals surface area contributed by atoms with Crippen molar-refractivity contribution in [2.75, 3.05) is 31.1 Å². The first-order valence-corrected chi connectivity index (χ1v) is 7.09. The number of aryl methyl sites for hydroxylation is 2. The normalized spacial score (nSPS) is 15.3. The summed E-state index contributed by atoms with van der Waals surface area (Å²) in [6.45, 7) is 4.94. The SMILES string of the molecule is Cc1ccc(C(=O)N2CCN(c3nccn3C)CC2)cn1. The number of aromatic nitrogens is 3. The van der Waals surface area contributed by atoms with Crippen LogP contribution in [0.4, 0.5) is 5.95 Å². The number of anilines is 1. The molecule has 0 bridgehead atoms. The molecule has 0 spiro atoms. The molecule has 0 atom stereocenters. The first-order valence-electron chi connectivity index (χ1n) is 7.09. The number of rotatable bonds is 2. The number of nitrogens with zero attached hydrogens (tertiary/aromatic N) is 5. The minimum absolute atomic E-state index is 0.0574. The fraction of sp³-hybridized carbons (Fsp3) is 0.400. The molecule has 3 heterocycles. The smallest absolute Gasteiger partial charge is 0.255 e. The van der Waals surface area contributed by atoms with Crippen molar-refractivity contribution in [1.82, 2.24) is 19.4 Å². The molecular formula is C15H19N5O. The van der Waals surface area contributed by atoms with Crippen LogP contribution in [-0.2, 0) is 7.05 Å². The van der Waals surface area contributed by atoms with Crippen LogP contribution in [0.15, 0.2) is 30.7 Å². The average molecular weight is 285 g/mol.